The van der Waals surface area contributed by atoms with E-state index in [0.717, 1.165) is 31.3 Å². The maximum atomic E-state index is 12.1. The van der Waals surface area contributed by atoms with Crippen LogP contribution >= 0.6 is 0 Å². The van der Waals surface area contributed by atoms with Crippen LogP contribution in [0, 0.1) is 11.8 Å². The van der Waals surface area contributed by atoms with Crippen LogP contribution in [0.15, 0.2) is 11.6 Å². The molecule has 0 N–H and O–H groups in total. The highest BCUT2D eigenvalue weighted by molar-refractivity contribution is 5.76. The number of nitrogens with zero attached hydrogens (tertiary/aromatic N) is 1. The fourth-order valence-electron chi connectivity index (χ4n) is 2.90. The maximum absolute atomic E-state index is 12.1. The molecule has 1 heterocycles. The van der Waals surface area contributed by atoms with E-state index in [1.807, 2.05) is 6.92 Å². The summed E-state index contributed by atoms with van der Waals surface area (Å²) in [5, 5.41) is 0. The summed E-state index contributed by atoms with van der Waals surface area (Å²) in [5.41, 5.74) is 1.15. The summed E-state index contributed by atoms with van der Waals surface area (Å²) >= 11 is 0. The Morgan fingerprint density at radius 2 is 2.09 bits per heavy atom. The van der Waals surface area contributed by atoms with Crippen LogP contribution in [0.25, 0.3) is 0 Å². The molecule has 5 heteroatoms. The molecule has 2 unspecified atom stereocenters. The van der Waals surface area contributed by atoms with Gasteiger partial charge in [-0.25, -0.2) is 4.79 Å². The van der Waals surface area contributed by atoms with Crippen molar-refractivity contribution in [2.24, 2.45) is 11.8 Å². The Balaban J connectivity index is 3.11. The summed E-state index contributed by atoms with van der Waals surface area (Å²) in [4.78, 5) is 25.9. The van der Waals surface area contributed by atoms with Gasteiger partial charge >= 0.3 is 12.1 Å². The van der Waals surface area contributed by atoms with Crippen molar-refractivity contribution in [1.29, 1.82) is 0 Å². The molecule has 0 saturated carbocycles. The monoisotopic (exact) mass is 325 g/mol. The average Bonchev–Trinajstić information content (AvgIpc) is 2.94. The normalized spacial score (nSPS) is 18.1. The van der Waals surface area contributed by atoms with Crippen LogP contribution in [0.4, 0.5) is 4.79 Å². The van der Waals surface area contributed by atoms with E-state index in [1.165, 1.54) is 7.11 Å². The number of esters is 1. The Morgan fingerprint density at radius 1 is 1.39 bits per heavy atom. The standard InChI is InChI=1S/C18H31NO4/c1-6-7-8-15(10-9-13(2)3)16(14(4)17(20)22-5)19-11-12-23-18(19)21/h10,13-14,16H,6-9,11-12H2,1-5H3/b15-10+. The lowest BCUT2D eigenvalue weighted by molar-refractivity contribution is -0.146. The quantitative estimate of drug-likeness (QED) is 0.478. The van der Waals surface area contributed by atoms with Gasteiger partial charge in [0.1, 0.15) is 6.61 Å². The molecule has 1 saturated heterocycles. The average molecular weight is 325 g/mol. The fraction of sp³-hybridized carbons (Fsp3) is 0.778. The van der Waals surface area contributed by atoms with Crippen molar-refractivity contribution in [1.82, 2.24) is 4.90 Å². The van der Waals surface area contributed by atoms with Gasteiger partial charge in [-0.05, 0) is 32.1 Å². The van der Waals surface area contributed by atoms with Gasteiger partial charge < -0.3 is 9.47 Å². The van der Waals surface area contributed by atoms with Gasteiger partial charge in [0.05, 0.1) is 25.6 Å². The minimum Gasteiger partial charge on any atom is -0.469 e. The first-order valence-electron chi connectivity index (χ1n) is 8.62. The van der Waals surface area contributed by atoms with Crippen molar-refractivity contribution >= 4 is 12.1 Å². The molecule has 0 bridgehead atoms. The summed E-state index contributed by atoms with van der Waals surface area (Å²) in [7, 11) is 1.39. The Morgan fingerprint density at radius 3 is 2.57 bits per heavy atom. The third kappa shape index (κ3) is 5.56. The van der Waals surface area contributed by atoms with Crippen LogP contribution in [0.2, 0.25) is 0 Å². The Labute approximate surface area is 140 Å². The Bertz CT molecular complexity index is 431. The molecule has 0 aromatic rings. The lowest BCUT2D eigenvalue weighted by Crippen LogP contribution is -2.44. The molecular weight excluding hydrogens is 294 g/mol. The van der Waals surface area contributed by atoms with Gasteiger partial charge in [0.15, 0.2) is 0 Å². The van der Waals surface area contributed by atoms with Gasteiger partial charge in [-0.2, -0.15) is 0 Å². The molecule has 5 nitrogen and oxygen atoms in total. The minimum absolute atomic E-state index is 0.275. The van der Waals surface area contributed by atoms with E-state index in [2.05, 4.69) is 26.8 Å². The lowest BCUT2D eigenvalue weighted by Gasteiger charge is -2.32. The van der Waals surface area contributed by atoms with Crippen LogP contribution in [-0.2, 0) is 14.3 Å². The first kappa shape index (κ1) is 19.5. The predicted molar refractivity (Wildman–Crippen MR) is 90.1 cm³/mol. The number of allylic oxidation sites excluding steroid dienone is 1. The number of methoxy groups -OCH3 is 1. The van der Waals surface area contributed by atoms with E-state index < -0.39 is 5.92 Å². The zero-order chi connectivity index (χ0) is 17.4. The summed E-state index contributed by atoms with van der Waals surface area (Å²) in [6.07, 6.45) is 5.80. The van der Waals surface area contributed by atoms with E-state index in [1.54, 1.807) is 4.90 Å². The number of hydrogen-bond donors (Lipinski definition) is 0. The SMILES string of the molecule is CCCC/C(=C\CC(C)C)C(C(C)C(=O)OC)N1CCOC1=O. The number of ether oxygens (including phenoxy) is 2. The zero-order valence-corrected chi connectivity index (χ0v) is 15.1. The molecule has 0 aliphatic carbocycles. The molecule has 1 aliphatic heterocycles. The number of rotatable bonds is 9. The van der Waals surface area contributed by atoms with Gasteiger partial charge in [-0.3, -0.25) is 9.69 Å². The molecule has 1 rings (SSSR count). The van der Waals surface area contributed by atoms with E-state index in [9.17, 15) is 9.59 Å². The van der Waals surface area contributed by atoms with Gasteiger partial charge in [0.25, 0.3) is 0 Å². The topological polar surface area (TPSA) is 55.8 Å². The van der Waals surface area contributed by atoms with Crippen molar-refractivity contribution in [3.63, 3.8) is 0 Å². The maximum Gasteiger partial charge on any atom is 0.410 e. The summed E-state index contributed by atoms with van der Waals surface area (Å²) in [6, 6.07) is -0.275. The third-order valence-electron chi connectivity index (χ3n) is 4.22. The van der Waals surface area contributed by atoms with Gasteiger partial charge in [0, 0.05) is 0 Å². The van der Waals surface area contributed by atoms with E-state index in [0.29, 0.717) is 19.1 Å². The van der Waals surface area contributed by atoms with E-state index in [-0.39, 0.29) is 18.1 Å². The Kier molecular flexibility index (Phi) is 8.13. The summed E-state index contributed by atoms with van der Waals surface area (Å²) in [6.45, 7) is 9.21. The minimum atomic E-state index is -0.402. The highest BCUT2D eigenvalue weighted by atomic mass is 16.6. The first-order chi connectivity index (χ1) is 10.9. The van der Waals surface area contributed by atoms with Crippen LogP contribution in [0.3, 0.4) is 0 Å². The second-order valence-electron chi connectivity index (χ2n) is 6.58. The molecule has 0 radical (unpaired) electrons. The molecule has 132 valence electrons. The number of amides is 1. The molecule has 1 aliphatic rings. The van der Waals surface area contributed by atoms with Crippen molar-refractivity contribution in [2.75, 3.05) is 20.3 Å². The van der Waals surface area contributed by atoms with Crippen LogP contribution in [0.1, 0.15) is 53.4 Å². The Hall–Kier alpha value is -1.52. The van der Waals surface area contributed by atoms with Gasteiger partial charge in [-0.15, -0.1) is 0 Å². The number of cyclic esters (lactones) is 1. The molecular formula is C18H31NO4. The number of unbranched alkanes of at least 4 members (excludes halogenated alkanes) is 1. The third-order valence-corrected chi connectivity index (χ3v) is 4.22. The molecule has 0 aromatic carbocycles. The first-order valence-corrected chi connectivity index (χ1v) is 8.62. The van der Waals surface area contributed by atoms with Crippen molar-refractivity contribution in [3.8, 4) is 0 Å². The van der Waals surface area contributed by atoms with Crippen molar-refractivity contribution < 1.29 is 19.1 Å². The van der Waals surface area contributed by atoms with Crippen molar-refractivity contribution in [2.45, 2.75) is 59.4 Å². The highest BCUT2D eigenvalue weighted by Gasteiger charge is 2.38. The predicted octanol–water partition coefficient (Wildman–Crippen LogP) is 3.78. The second-order valence-corrected chi connectivity index (χ2v) is 6.58. The highest BCUT2D eigenvalue weighted by Crippen LogP contribution is 2.28. The molecule has 1 amide bonds. The van der Waals surface area contributed by atoms with E-state index in [4.69, 9.17) is 9.47 Å². The molecule has 0 spiro atoms. The smallest absolute Gasteiger partial charge is 0.410 e. The zero-order valence-electron chi connectivity index (χ0n) is 15.1. The fourth-order valence-corrected chi connectivity index (χ4v) is 2.90. The second kappa shape index (κ2) is 9.58. The largest absolute Gasteiger partial charge is 0.469 e. The van der Waals surface area contributed by atoms with Gasteiger partial charge in [-0.1, -0.05) is 38.8 Å². The molecule has 2 atom stereocenters. The molecule has 23 heavy (non-hydrogen) atoms. The number of hydrogen-bond acceptors (Lipinski definition) is 4. The molecule has 0 aromatic heterocycles. The van der Waals surface area contributed by atoms with Crippen LogP contribution in [-0.4, -0.2) is 43.3 Å². The summed E-state index contributed by atoms with van der Waals surface area (Å²) < 4.78 is 10.0. The summed E-state index contributed by atoms with van der Waals surface area (Å²) in [5.74, 6) is -0.159. The lowest BCUT2D eigenvalue weighted by atomic mass is 9.88. The number of carbonyl (C=O) groups excluding carboxylic acids is 2. The van der Waals surface area contributed by atoms with Gasteiger partial charge in [0.2, 0.25) is 0 Å². The van der Waals surface area contributed by atoms with Crippen LogP contribution in [0.5, 0.6) is 0 Å². The molecule has 1 fully saturated rings. The van der Waals surface area contributed by atoms with Crippen molar-refractivity contribution in [3.05, 3.63) is 11.6 Å². The van der Waals surface area contributed by atoms with Crippen LogP contribution < -0.4 is 0 Å². The number of carbonyl (C=O) groups is 2. The van der Waals surface area contributed by atoms with E-state index >= 15 is 0 Å².